The van der Waals surface area contributed by atoms with Crippen molar-refractivity contribution in [3.63, 3.8) is 0 Å². The molecule has 29 heavy (non-hydrogen) atoms. The van der Waals surface area contributed by atoms with Crippen LogP contribution in [0.25, 0.3) is 0 Å². The van der Waals surface area contributed by atoms with Crippen molar-refractivity contribution in [3.8, 4) is 17.6 Å². The quantitative estimate of drug-likeness (QED) is 0.805. The molecule has 1 atom stereocenters. The summed E-state index contributed by atoms with van der Waals surface area (Å²) in [7, 11) is 0. The van der Waals surface area contributed by atoms with Crippen molar-refractivity contribution in [1.82, 2.24) is 9.88 Å². The molecule has 1 aromatic heterocycles. The van der Waals surface area contributed by atoms with Crippen LogP contribution in [0.4, 0.5) is 4.79 Å². The highest BCUT2D eigenvalue weighted by Gasteiger charge is 2.35. The van der Waals surface area contributed by atoms with Crippen molar-refractivity contribution in [1.29, 1.82) is 0 Å². The van der Waals surface area contributed by atoms with Gasteiger partial charge in [-0.2, -0.15) is 0 Å². The number of aromatic nitrogens is 1. The summed E-state index contributed by atoms with van der Waals surface area (Å²) in [5.41, 5.74) is 1.87. The molecule has 2 aromatic rings. The lowest BCUT2D eigenvalue weighted by atomic mass is 10.1. The molecule has 1 amide bonds. The molecule has 0 saturated carbocycles. The summed E-state index contributed by atoms with van der Waals surface area (Å²) in [5, 5.41) is 9.21. The first-order valence-corrected chi connectivity index (χ1v) is 9.63. The van der Waals surface area contributed by atoms with E-state index >= 15 is 0 Å². The van der Waals surface area contributed by atoms with E-state index in [1.54, 1.807) is 17.3 Å². The second-order valence-electron chi connectivity index (χ2n) is 7.95. The molecule has 1 fully saturated rings. The van der Waals surface area contributed by atoms with E-state index < -0.39 is 5.60 Å². The fraction of sp³-hybridized carbons (Fsp3) is 0.391. The Hall–Kier alpha value is -3.04. The van der Waals surface area contributed by atoms with Gasteiger partial charge in [-0.3, -0.25) is 4.98 Å². The zero-order chi connectivity index (χ0) is 20.9. The normalized spacial score (nSPS) is 15.7. The van der Waals surface area contributed by atoms with Gasteiger partial charge in [0.2, 0.25) is 0 Å². The van der Waals surface area contributed by atoms with Crippen LogP contribution in [0, 0.1) is 11.8 Å². The zero-order valence-corrected chi connectivity index (χ0v) is 17.0. The summed E-state index contributed by atoms with van der Waals surface area (Å²) in [6.45, 7) is 6.62. The van der Waals surface area contributed by atoms with Crippen LogP contribution in [0.15, 0.2) is 42.7 Å². The minimum absolute atomic E-state index is 0.000752. The molecule has 3 rings (SSSR count). The molecule has 0 radical (unpaired) electrons. The average Bonchev–Trinajstić information content (AvgIpc) is 2.64. The molecular formula is C23H26N2O4. The Morgan fingerprint density at radius 3 is 2.72 bits per heavy atom. The van der Waals surface area contributed by atoms with Crippen LogP contribution in [0.5, 0.6) is 5.75 Å². The Kier molecular flexibility index (Phi) is 6.40. The van der Waals surface area contributed by atoms with Crippen molar-refractivity contribution >= 4 is 6.09 Å². The Morgan fingerprint density at radius 1 is 1.24 bits per heavy atom. The second kappa shape index (κ2) is 8.97. The topological polar surface area (TPSA) is 71.9 Å². The molecule has 0 bridgehead atoms. The van der Waals surface area contributed by atoms with Gasteiger partial charge in [-0.15, -0.1) is 0 Å². The highest BCUT2D eigenvalue weighted by molar-refractivity contribution is 5.69. The molecule has 1 aromatic carbocycles. The third kappa shape index (κ3) is 5.97. The molecule has 152 valence electrons. The fourth-order valence-electron chi connectivity index (χ4n) is 2.83. The van der Waals surface area contributed by atoms with E-state index in [-0.39, 0.29) is 18.7 Å². The maximum Gasteiger partial charge on any atom is 0.410 e. The molecule has 2 heterocycles. The van der Waals surface area contributed by atoms with E-state index in [9.17, 15) is 9.90 Å². The highest BCUT2D eigenvalue weighted by atomic mass is 16.6. The van der Waals surface area contributed by atoms with Crippen LogP contribution in [0.3, 0.4) is 0 Å². The summed E-state index contributed by atoms with van der Waals surface area (Å²) in [6.07, 6.45) is 3.88. The van der Waals surface area contributed by atoms with E-state index in [1.807, 2.05) is 51.1 Å². The molecule has 1 N–H and O–H groups in total. The van der Waals surface area contributed by atoms with Crippen LogP contribution in [0.1, 0.15) is 43.9 Å². The lowest BCUT2D eigenvalue weighted by molar-refractivity contribution is -0.0141. The fourth-order valence-corrected chi connectivity index (χ4v) is 2.83. The molecule has 0 aliphatic carbocycles. The van der Waals surface area contributed by atoms with Gasteiger partial charge in [0, 0.05) is 23.9 Å². The third-order valence-corrected chi connectivity index (χ3v) is 4.39. The molecule has 1 aliphatic rings. The molecule has 1 aliphatic heterocycles. The largest absolute Gasteiger partial charge is 0.490 e. The maximum absolute atomic E-state index is 12.2. The number of pyridine rings is 1. The minimum atomic E-state index is -0.508. The summed E-state index contributed by atoms with van der Waals surface area (Å²) in [4.78, 5) is 18.1. The first kappa shape index (κ1) is 20.7. The van der Waals surface area contributed by atoms with Crippen LogP contribution in [-0.4, -0.2) is 45.9 Å². The number of ether oxygens (including phenoxy) is 2. The average molecular weight is 394 g/mol. The number of nitrogens with zero attached hydrogens (tertiary/aromatic N) is 2. The van der Waals surface area contributed by atoms with Gasteiger partial charge < -0.3 is 19.5 Å². The van der Waals surface area contributed by atoms with E-state index in [1.165, 1.54) is 0 Å². The maximum atomic E-state index is 12.2. The summed E-state index contributed by atoms with van der Waals surface area (Å²) >= 11 is 0. The number of benzene rings is 1. The van der Waals surface area contributed by atoms with E-state index in [0.717, 1.165) is 23.1 Å². The monoisotopic (exact) mass is 394 g/mol. The number of aliphatic hydroxyl groups is 1. The first-order valence-electron chi connectivity index (χ1n) is 9.63. The van der Waals surface area contributed by atoms with Gasteiger partial charge in [0.15, 0.2) is 0 Å². The lowest BCUT2D eigenvalue weighted by Crippen LogP contribution is -2.55. The van der Waals surface area contributed by atoms with Crippen LogP contribution in [-0.2, 0) is 11.3 Å². The van der Waals surface area contributed by atoms with Crippen molar-refractivity contribution in [3.05, 3.63) is 59.4 Å². The summed E-state index contributed by atoms with van der Waals surface area (Å²) in [5.74, 6) is 6.74. The second-order valence-corrected chi connectivity index (χ2v) is 7.95. The Morgan fingerprint density at radius 2 is 2.03 bits per heavy atom. The standard InChI is InChI=1S/C23H26N2O4/c1-23(2,3)29-22(27)25-10-9-20(25)16-28-21-12-18(13-24-14-21)8-7-17-5-4-6-19(11-17)15-26/h4-6,11-14,20,26H,9-10,15-16H2,1-3H3. The Balaban J connectivity index is 1.58. The van der Waals surface area contributed by atoms with Gasteiger partial charge in [0.05, 0.1) is 18.8 Å². The van der Waals surface area contributed by atoms with Gasteiger partial charge >= 0.3 is 6.09 Å². The Bertz CT molecular complexity index is 924. The predicted molar refractivity (Wildman–Crippen MR) is 109 cm³/mol. The highest BCUT2D eigenvalue weighted by Crippen LogP contribution is 2.22. The van der Waals surface area contributed by atoms with Crippen LogP contribution >= 0.6 is 0 Å². The molecule has 0 spiro atoms. The smallest absolute Gasteiger partial charge is 0.410 e. The number of aliphatic hydroxyl groups excluding tert-OH is 1. The van der Waals surface area contributed by atoms with Crippen molar-refractivity contribution in [2.45, 2.75) is 45.4 Å². The predicted octanol–water partition coefficient (Wildman–Crippen LogP) is 3.36. The molecule has 6 nitrogen and oxygen atoms in total. The van der Waals surface area contributed by atoms with E-state index in [2.05, 4.69) is 16.8 Å². The third-order valence-electron chi connectivity index (χ3n) is 4.39. The van der Waals surface area contributed by atoms with Gasteiger partial charge in [0.1, 0.15) is 18.0 Å². The number of hydrogen-bond donors (Lipinski definition) is 1. The zero-order valence-electron chi connectivity index (χ0n) is 17.0. The van der Waals surface area contributed by atoms with Gasteiger partial charge in [0.25, 0.3) is 0 Å². The van der Waals surface area contributed by atoms with Crippen molar-refractivity contribution < 1.29 is 19.4 Å². The van der Waals surface area contributed by atoms with Gasteiger partial charge in [-0.1, -0.05) is 24.0 Å². The number of carbonyl (C=O) groups is 1. The number of rotatable bonds is 4. The number of hydrogen-bond acceptors (Lipinski definition) is 5. The molecular weight excluding hydrogens is 368 g/mol. The van der Waals surface area contributed by atoms with Crippen molar-refractivity contribution in [2.75, 3.05) is 13.2 Å². The number of carbonyl (C=O) groups excluding carboxylic acids is 1. The van der Waals surface area contributed by atoms with E-state index in [0.29, 0.717) is 18.9 Å². The van der Waals surface area contributed by atoms with Crippen LogP contribution in [0.2, 0.25) is 0 Å². The van der Waals surface area contributed by atoms with Crippen LogP contribution < -0.4 is 4.74 Å². The molecule has 1 unspecified atom stereocenters. The van der Waals surface area contributed by atoms with Gasteiger partial charge in [-0.05, 0) is 51.0 Å². The lowest BCUT2D eigenvalue weighted by Gasteiger charge is -2.40. The molecule has 1 saturated heterocycles. The number of amides is 1. The van der Waals surface area contributed by atoms with Gasteiger partial charge in [-0.25, -0.2) is 4.79 Å². The summed E-state index contributed by atoms with van der Waals surface area (Å²) in [6, 6.07) is 9.28. The number of likely N-dealkylation sites (tertiary alicyclic amines) is 1. The SMILES string of the molecule is CC(C)(C)OC(=O)N1CCC1COc1cncc(C#Cc2cccc(CO)c2)c1. The Labute approximate surface area is 171 Å². The summed E-state index contributed by atoms with van der Waals surface area (Å²) < 4.78 is 11.3. The first-order chi connectivity index (χ1) is 13.8. The minimum Gasteiger partial charge on any atom is -0.490 e. The van der Waals surface area contributed by atoms with E-state index in [4.69, 9.17) is 9.47 Å². The molecule has 6 heteroatoms. The van der Waals surface area contributed by atoms with Crippen molar-refractivity contribution in [2.24, 2.45) is 0 Å².